The van der Waals surface area contributed by atoms with Crippen LogP contribution in [0.5, 0.6) is 0 Å². The number of nitrogens with zero attached hydrogens (tertiary/aromatic N) is 1. The smallest absolute Gasteiger partial charge is 0.259 e. The van der Waals surface area contributed by atoms with E-state index < -0.39 is 15.9 Å². The third-order valence-corrected chi connectivity index (χ3v) is 5.89. The maximum Gasteiger partial charge on any atom is 0.259 e. The van der Waals surface area contributed by atoms with Crippen molar-refractivity contribution in [3.05, 3.63) is 47.4 Å². The second-order valence-electron chi connectivity index (χ2n) is 6.08. The van der Waals surface area contributed by atoms with E-state index in [-0.39, 0.29) is 21.9 Å². The van der Waals surface area contributed by atoms with Crippen LogP contribution in [-0.4, -0.2) is 45.2 Å². The van der Waals surface area contributed by atoms with Crippen molar-refractivity contribution in [2.24, 2.45) is 0 Å². The maximum atomic E-state index is 12.6. The number of aryl methyl sites for hydroxylation is 1. The van der Waals surface area contributed by atoms with Crippen LogP contribution in [0.1, 0.15) is 32.9 Å². The van der Waals surface area contributed by atoms with Crippen LogP contribution >= 0.6 is 0 Å². The lowest BCUT2D eigenvalue weighted by Crippen LogP contribution is -2.25. The zero-order chi connectivity index (χ0) is 18.9. The highest BCUT2D eigenvalue weighted by atomic mass is 32.2. The fraction of sp³-hybridized carbons (Fsp3) is 0.294. The van der Waals surface area contributed by atoms with Gasteiger partial charge in [0.05, 0.1) is 16.0 Å². The minimum atomic E-state index is -3.62. The Morgan fingerprint density at radius 1 is 1.31 bits per heavy atom. The number of hydrogen-bond acceptors (Lipinski definition) is 5. The van der Waals surface area contributed by atoms with Crippen LogP contribution in [0.4, 0.5) is 5.69 Å². The quantitative estimate of drug-likeness (QED) is 0.838. The fourth-order valence-electron chi connectivity index (χ4n) is 2.68. The SMILES string of the molecule is CN(C)S(=O)(=O)c1cccc(NC(=O)c2coc3c2C(=O)NCCC3)c1. The Kier molecular flexibility index (Phi) is 4.84. The Morgan fingerprint density at radius 3 is 2.81 bits per heavy atom. The monoisotopic (exact) mass is 377 g/mol. The van der Waals surface area contributed by atoms with Gasteiger partial charge in [0.2, 0.25) is 10.0 Å². The molecule has 2 amide bonds. The molecule has 0 unspecified atom stereocenters. The van der Waals surface area contributed by atoms with E-state index in [9.17, 15) is 18.0 Å². The van der Waals surface area contributed by atoms with Gasteiger partial charge in [-0.05, 0) is 24.6 Å². The molecule has 8 nitrogen and oxygen atoms in total. The molecule has 0 spiro atoms. The van der Waals surface area contributed by atoms with Crippen LogP contribution in [0, 0.1) is 0 Å². The van der Waals surface area contributed by atoms with Crippen LogP contribution in [0.3, 0.4) is 0 Å². The zero-order valence-electron chi connectivity index (χ0n) is 14.4. The summed E-state index contributed by atoms with van der Waals surface area (Å²) in [5.41, 5.74) is 0.666. The van der Waals surface area contributed by atoms with Crippen LogP contribution in [0.15, 0.2) is 39.8 Å². The van der Waals surface area contributed by atoms with Crippen molar-refractivity contribution in [2.45, 2.75) is 17.7 Å². The predicted molar refractivity (Wildman–Crippen MR) is 94.6 cm³/mol. The van der Waals surface area contributed by atoms with Gasteiger partial charge in [-0.2, -0.15) is 0 Å². The number of rotatable bonds is 4. The zero-order valence-corrected chi connectivity index (χ0v) is 15.2. The lowest BCUT2D eigenvalue weighted by molar-refractivity contribution is 0.0943. The lowest BCUT2D eigenvalue weighted by Gasteiger charge is -2.12. The van der Waals surface area contributed by atoms with Gasteiger partial charge in [0.25, 0.3) is 11.8 Å². The summed E-state index contributed by atoms with van der Waals surface area (Å²) in [6, 6.07) is 5.92. The maximum absolute atomic E-state index is 12.6. The normalized spacial score (nSPS) is 14.5. The number of benzene rings is 1. The summed E-state index contributed by atoms with van der Waals surface area (Å²) in [5.74, 6) is -0.402. The highest BCUT2D eigenvalue weighted by Crippen LogP contribution is 2.23. The molecule has 1 aromatic heterocycles. The third kappa shape index (κ3) is 3.35. The first-order chi connectivity index (χ1) is 12.3. The fourth-order valence-corrected chi connectivity index (χ4v) is 3.63. The van der Waals surface area contributed by atoms with Crippen molar-refractivity contribution in [1.82, 2.24) is 9.62 Å². The molecule has 1 aromatic carbocycles. The Bertz CT molecular complexity index is 963. The third-order valence-electron chi connectivity index (χ3n) is 4.08. The summed E-state index contributed by atoms with van der Waals surface area (Å²) in [7, 11) is -0.757. The summed E-state index contributed by atoms with van der Waals surface area (Å²) in [5, 5.41) is 5.35. The van der Waals surface area contributed by atoms with Crippen molar-refractivity contribution in [3.63, 3.8) is 0 Å². The average molecular weight is 377 g/mol. The molecule has 0 aliphatic carbocycles. The molecule has 26 heavy (non-hydrogen) atoms. The van der Waals surface area contributed by atoms with Crippen molar-refractivity contribution in [3.8, 4) is 0 Å². The summed E-state index contributed by atoms with van der Waals surface area (Å²) in [6.45, 7) is 0.522. The molecule has 2 heterocycles. The van der Waals surface area contributed by atoms with Crippen LogP contribution in [-0.2, 0) is 16.4 Å². The van der Waals surface area contributed by atoms with Gasteiger partial charge < -0.3 is 15.1 Å². The Morgan fingerprint density at radius 2 is 2.08 bits per heavy atom. The molecule has 9 heteroatoms. The number of sulfonamides is 1. The minimum Gasteiger partial charge on any atom is -0.468 e. The van der Waals surface area contributed by atoms with E-state index in [0.717, 1.165) is 10.7 Å². The number of amides is 2. The average Bonchev–Trinajstić information content (AvgIpc) is 2.94. The largest absolute Gasteiger partial charge is 0.468 e. The first-order valence-electron chi connectivity index (χ1n) is 8.03. The van der Waals surface area contributed by atoms with Gasteiger partial charge in [0, 0.05) is 32.7 Å². The van der Waals surface area contributed by atoms with Gasteiger partial charge >= 0.3 is 0 Å². The van der Waals surface area contributed by atoms with Gasteiger partial charge in [-0.3, -0.25) is 9.59 Å². The number of nitrogens with one attached hydrogen (secondary N) is 2. The summed E-state index contributed by atoms with van der Waals surface area (Å²) in [4.78, 5) is 24.8. The summed E-state index contributed by atoms with van der Waals surface area (Å²) >= 11 is 0. The van der Waals surface area contributed by atoms with E-state index >= 15 is 0 Å². The molecule has 0 atom stereocenters. The molecule has 0 fully saturated rings. The van der Waals surface area contributed by atoms with Crippen LogP contribution in [0.2, 0.25) is 0 Å². The van der Waals surface area contributed by atoms with Gasteiger partial charge in [-0.15, -0.1) is 0 Å². The number of fused-ring (bicyclic) bond motifs is 1. The number of furan rings is 1. The number of carbonyl (C=O) groups excluding carboxylic acids is 2. The molecule has 1 aliphatic rings. The van der Waals surface area contributed by atoms with Gasteiger partial charge in [-0.1, -0.05) is 6.07 Å². The molecule has 2 N–H and O–H groups in total. The van der Waals surface area contributed by atoms with E-state index in [1.165, 1.54) is 38.6 Å². The van der Waals surface area contributed by atoms with Crippen LogP contribution < -0.4 is 10.6 Å². The minimum absolute atomic E-state index is 0.0593. The second-order valence-corrected chi connectivity index (χ2v) is 8.23. The van der Waals surface area contributed by atoms with Gasteiger partial charge in [0.15, 0.2) is 0 Å². The van der Waals surface area contributed by atoms with Crippen molar-refractivity contribution < 1.29 is 22.4 Å². The van der Waals surface area contributed by atoms with E-state index in [2.05, 4.69) is 10.6 Å². The molecule has 0 bridgehead atoms. The van der Waals surface area contributed by atoms with E-state index in [4.69, 9.17) is 4.42 Å². The van der Waals surface area contributed by atoms with Crippen LogP contribution in [0.25, 0.3) is 0 Å². The highest BCUT2D eigenvalue weighted by Gasteiger charge is 2.27. The van der Waals surface area contributed by atoms with Gasteiger partial charge in [0.1, 0.15) is 12.0 Å². The number of anilines is 1. The van der Waals surface area contributed by atoms with E-state index in [0.29, 0.717) is 24.4 Å². The van der Waals surface area contributed by atoms with Gasteiger partial charge in [-0.25, -0.2) is 12.7 Å². The molecule has 0 saturated carbocycles. The summed E-state index contributed by atoms with van der Waals surface area (Å²) < 4.78 is 30.9. The molecular weight excluding hydrogens is 358 g/mol. The van der Waals surface area contributed by atoms with Crippen molar-refractivity contribution in [2.75, 3.05) is 26.0 Å². The predicted octanol–water partition coefficient (Wildman–Crippen LogP) is 1.46. The molecule has 138 valence electrons. The number of carbonyl (C=O) groups is 2. The van der Waals surface area contributed by atoms with Crippen molar-refractivity contribution >= 4 is 27.5 Å². The number of hydrogen-bond donors (Lipinski definition) is 2. The Balaban J connectivity index is 1.88. The second kappa shape index (κ2) is 6.93. The molecule has 2 aromatic rings. The molecule has 3 rings (SSSR count). The van der Waals surface area contributed by atoms with E-state index in [1.54, 1.807) is 6.07 Å². The molecule has 1 aliphatic heterocycles. The lowest BCUT2D eigenvalue weighted by atomic mass is 10.1. The first-order valence-corrected chi connectivity index (χ1v) is 9.47. The topological polar surface area (TPSA) is 109 Å². The standard InChI is InChI=1S/C17H19N3O5S/c1-20(2)26(23,24)12-6-3-5-11(9-12)19-16(21)13-10-25-14-7-4-8-18-17(22)15(13)14/h3,5-6,9-10H,4,7-8H2,1-2H3,(H,18,22)(H,19,21). The first kappa shape index (κ1) is 18.2. The Labute approximate surface area is 151 Å². The van der Waals surface area contributed by atoms with E-state index in [1.807, 2.05) is 0 Å². The molecule has 0 saturated heterocycles. The molecular formula is C17H19N3O5S. The summed E-state index contributed by atoms with van der Waals surface area (Å²) in [6.07, 6.45) is 2.56. The highest BCUT2D eigenvalue weighted by molar-refractivity contribution is 7.89. The Hall–Kier alpha value is -2.65. The molecule has 0 radical (unpaired) electrons. The van der Waals surface area contributed by atoms with Crippen molar-refractivity contribution in [1.29, 1.82) is 0 Å².